The molecule has 1 N–H and O–H groups in total. The Morgan fingerprint density at radius 3 is 2.86 bits per heavy atom. The number of nitrogens with one attached hydrogen (secondary N) is 1. The average molecular weight is 321 g/mol. The van der Waals surface area contributed by atoms with Gasteiger partial charge in [-0.15, -0.1) is 0 Å². The number of hydrogen-bond donors (Lipinski definition) is 1. The molecule has 1 aromatic heterocycles. The first-order chi connectivity index (χ1) is 10.6. The molecule has 5 nitrogen and oxygen atoms in total. The van der Waals surface area contributed by atoms with Gasteiger partial charge in [-0.1, -0.05) is 43.1 Å². The first-order valence-corrected chi connectivity index (χ1v) is 7.48. The van der Waals surface area contributed by atoms with E-state index in [4.69, 9.17) is 16.3 Å². The molecule has 0 aliphatic rings. The lowest BCUT2D eigenvalue weighted by Gasteiger charge is -2.08. The van der Waals surface area contributed by atoms with E-state index in [9.17, 15) is 9.59 Å². The Labute approximate surface area is 133 Å². The Kier molecular flexibility index (Phi) is 5.72. The first-order valence-electron chi connectivity index (χ1n) is 7.11. The molecule has 0 unspecified atom stereocenters. The number of aromatic nitrogens is 1. The van der Waals surface area contributed by atoms with Crippen molar-refractivity contribution in [3.63, 3.8) is 0 Å². The summed E-state index contributed by atoms with van der Waals surface area (Å²) in [6.45, 7) is 2.30. The maximum absolute atomic E-state index is 12.2. The third kappa shape index (κ3) is 4.18. The highest BCUT2D eigenvalue weighted by Crippen LogP contribution is 2.21. The SMILES string of the molecule is CCCCNC(=O)COC(=O)c1cc(Cl)nc2ccccc12. The van der Waals surface area contributed by atoms with Gasteiger partial charge in [0.15, 0.2) is 6.61 Å². The number of rotatable bonds is 6. The van der Waals surface area contributed by atoms with Crippen molar-refractivity contribution in [2.45, 2.75) is 19.8 Å². The van der Waals surface area contributed by atoms with Crippen molar-refractivity contribution in [1.29, 1.82) is 0 Å². The summed E-state index contributed by atoms with van der Waals surface area (Å²) in [6, 6.07) is 8.57. The van der Waals surface area contributed by atoms with Crippen molar-refractivity contribution in [2.75, 3.05) is 13.2 Å². The minimum absolute atomic E-state index is 0.207. The summed E-state index contributed by atoms with van der Waals surface area (Å²) in [4.78, 5) is 27.9. The minimum Gasteiger partial charge on any atom is -0.452 e. The third-order valence-electron chi connectivity index (χ3n) is 3.09. The van der Waals surface area contributed by atoms with E-state index in [-0.39, 0.29) is 17.7 Å². The molecule has 0 fully saturated rings. The van der Waals surface area contributed by atoms with Gasteiger partial charge in [-0.2, -0.15) is 0 Å². The maximum Gasteiger partial charge on any atom is 0.339 e. The Morgan fingerprint density at radius 1 is 1.32 bits per heavy atom. The monoisotopic (exact) mass is 320 g/mol. The van der Waals surface area contributed by atoms with Crippen LogP contribution in [0.2, 0.25) is 5.15 Å². The van der Waals surface area contributed by atoms with Crippen molar-refractivity contribution >= 4 is 34.4 Å². The van der Waals surface area contributed by atoms with Crippen molar-refractivity contribution in [3.8, 4) is 0 Å². The van der Waals surface area contributed by atoms with E-state index in [1.165, 1.54) is 6.07 Å². The fourth-order valence-electron chi connectivity index (χ4n) is 1.98. The fourth-order valence-corrected chi connectivity index (χ4v) is 2.18. The van der Waals surface area contributed by atoms with E-state index < -0.39 is 5.97 Å². The van der Waals surface area contributed by atoms with Crippen LogP contribution in [0, 0.1) is 0 Å². The van der Waals surface area contributed by atoms with E-state index >= 15 is 0 Å². The second-order valence-corrected chi connectivity index (χ2v) is 5.18. The van der Waals surface area contributed by atoms with Crippen LogP contribution in [0.3, 0.4) is 0 Å². The number of amides is 1. The van der Waals surface area contributed by atoms with Crippen LogP contribution >= 0.6 is 11.6 Å². The van der Waals surface area contributed by atoms with Gasteiger partial charge in [-0.3, -0.25) is 4.79 Å². The number of ether oxygens (including phenoxy) is 1. The molecular weight excluding hydrogens is 304 g/mol. The van der Waals surface area contributed by atoms with Crippen LogP contribution in [0.25, 0.3) is 10.9 Å². The molecule has 1 heterocycles. The van der Waals surface area contributed by atoms with Gasteiger partial charge in [0.25, 0.3) is 5.91 Å². The van der Waals surface area contributed by atoms with Crippen LogP contribution in [0.15, 0.2) is 30.3 Å². The van der Waals surface area contributed by atoms with Gasteiger partial charge in [-0.05, 0) is 18.6 Å². The molecule has 2 rings (SSSR count). The lowest BCUT2D eigenvalue weighted by atomic mass is 10.1. The van der Waals surface area contributed by atoms with Crippen LogP contribution in [0.5, 0.6) is 0 Å². The Hall–Kier alpha value is -2.14. The van der Waals surface area contributed by atoms with Gasteiger partial charge >= 0.3 is 5.97 Å². The molecule has 1 aromatic carbocycles. The third-order valence-corrected chi connectivity index (χ3v) is 3.29. The van der Waals surface area contributed by atoms with Crippen LogP contribution in [-0.4, -0.2) is 30.0 Å². The van der Waals surface area contributed by atoms with Gasteiger partial charge < -0.3 is 10.1 Å². The highest BCUT2D eigenvalue weighted by atomic mass is 35.5. The number of esters is 1. The van der Waals surface area contributed by atoms with Gasteiger partial charge in [0, 0.05) is 11.9 Å². The second kappa shape index (κ2) is 7.75. The van der Waals surface area contributed by atoms with Crippen LogP contribution in [0.4, 0.5) is 0 Å². The Morgan fingerprint density at radius 2 is 2.09 bits per heavy atom. The van der Waals surface area contributed by atoms with Crippen molar-refractivity contribution < 1.29 is 14.3 Å². The summed E-state index contributed by atoms with van der Waals surface area (Å²) in [6.07, 6.45) is 1.88. The molecule has 0 bridgehead atoms. The van der Waals surface area contributed by atoms with Gasteiger partial charge in [0.2, 0.25) is 0 Å². The van der Waals surface area contributed by atoms with Crippen molar-refractivity contribution in [1.82, 2.24) is 10.3 Å². The lowest BCUT2D eigenvalue weighted by molar-refractivity contribution is -0.124. The number of halogens is 1. The standard InChI is InChI=1S/C16H17ClN2O3/c1-2-3-8-18-15(20)10-22-16(21)12-9-14(17)19-13-7-5-4-6-11(12)13/h4-7,9H,2-3,8,10H2,1H3,(H,18,20). The smallest absolute Gasteiger partial charge is 0.339 e. The minimum atomic E-state index is -0.592. The molecule has 2 aromatic rings. The van der Waals surface area contributed by atoms with Gasteiger partial charge in [0.05, 0.1) is 11.1 Å². The van der Waals surface area contributed by atoms with E-state index in [0.29, 0.717) is 23.0 Å². The highest BCUT2D eigenvalue weighted by Gasteiger charge is 2.15. The van der Waals surface area contributed by atoms with Crippen molar-refractivity contribution in [3.05, 3.63) is 41.0 Å². The predicted octanol–water partition coefficient (Wildman–Crippen LogP) is 2.96. The summed E-state index contributed by atoms with van der Waals surface area (Å²) in [5, 5.41) is 3.53. The topological polar surface area (TPSA) is 68.3 Å². The molecule has 116 valence electrons. The number of pyridine rings is 1. The van der Waals surface area contributed by atoms with E-state index in [1.807, 2.05) is 13.0 Å². The Bertz CT molecular complexity index is 688. The number of para-hydroxylation sites is 1. The van der Waals surface area contributed by atoms with Gasteiger partial charge in [-0.25, -0.2) is 9.78 Å². The number of benzene rings is 1. The number of nitrogens with zero attached hydrogens (tertiary/aromatic N) is 1. The zero-order valence-corrected chi connectivity index (χ0v) is 13.0. The maximum atomic E-state index is 12.2. The molecule has 0 radical (unpaired) electrons. The second-order valence-electron chi connectivity index (χ2n) is 4.79. The van der Waals surface area contributed by atoms with Crippen LogP contribution < -0.4 is 5.32 Å². The largest absolute Gasteiger partial charge is 0.452 e. The zero-order valence-electron chi connectivity index (χ0n) is 12.3. The molecule has 0 spiro atoms. The molecule has 0 saturated carbocycles. The molecule has 0 aliphatic carbocycles. The lowest BCUT2D eigenvalue weighted by Crippen LogP contribution is -2.29. The van der Waals surface area contributed by atoms with Gasteiger partial charge in [0.1, 0.15) is 5.15 Å². The summed E-state index contributed by atoms with van der Waals surface area (Å²) >= 11 is 5.92. The molecule has 1 amide bonds. The van der Waals surface area contributed by atoms with E-state index in [1.54, 1.807) is 18.2 Å². The molecular formula is C16H17ClN2O3. The quantitative estimate of drug-likeness (QED) is 0.505. The highest BCUT2D eigenvalue weighted by molar-refractivity contribution is 6.30. The molecule has 22 heavy (non-hydrogen) atoms. The summed E-state index contributed by atoms with van der Waals surface area (Å²) in [5.41, 5.74) is 0.909. The van der Waals surface area contributed by atoms with Crippen LogP contribution in [0.1, 0.15) is 30.1 Å². The molecule has 0 atom stereocenters. The van der Waals surface area contributed by atoms with E-state index in [0.717, 1.165) is 12.8 Å². The van der Waals surface area contributed by atoms with Crippen LogP contribution in [-0.2, 0) is 9.53 Å². The number of hydrogen-bond acceptors (Lipinski definition) is 4. The van der Waals surface area contributed by atoms with Crippen molar-refractivity contribution in [2.24, 2.45) is 0 Å². The summed E-state index contributed by atoms with van der Waals surface area (Å²) in [7, 11) is 0. The number of carbonyl (C=O) groups excluding carboxylic acids is 2. The fraction of sp³-hybridized carbons (Fsp3) is 0.312. The molecule has 0 saturated heterocycles. The number of unbranched alkanes of at least 4 members (excludes halogenated alkanes) is 1. The number of fused-ring (bicyclic) bond motifs is 1. The van der Waals surface area contributed by atoms with E-state index in [2.05, 4.69) is 10.3 Å². The zero-order chi connectivity index (χ0) is 15.9. The summed E-state index contributed by atoms with van der Waals surface area (Å²) in [5.74, 6) is -0.905. The first kappa shape index (κ1) is 16.2. The normalized spacial score (nSPS) is 10.5. The Balaban J connectivity index is 2.05. The molecule has 6 heteroatoms. The predicted molar refractivity (Wildman–Crippen MR) is 85.0 cm³/mol. The number of carbonyl (C=O) groups is 2. The summed E-state index contributed by atoms with van der Waals surface area (Å²) < 4.78 is 5.05. The molecule has 0 aliphatic heterocycles. The average Bonchev–Trinajstić information content (AvgIpc) is 2.52.